The van der Waals surface area contributed by atoms with E-state index in [1.165, 1.54) is 36.3 Å². The second kappa shape index (κ2) is 6.03. The smallest absolute Gasteiger partial charge is 0.181 e. The van der Waals surface area contributed by atoms with E-state index in [-0.39, 0.29) is 0 Å². The van der Waals surface area contributed by atoms with Gasteiger partial charge in [-0.2, -0.15) is 0 Å². The molecule has 1 rings (SSSR count). The van der Waals surface area contributed by atoms with Crippen molar-refractivity contribution in [1.82, 2.24) is 0 Å². The number of hydrogen-bond donors (Lipinski definition) is 0. The number of hydrogen-bond acceptors (Lipinski definition) is 0. The predicted octanol–water partition coefficient (Wildman–Crippen LogP) is 3.52. The third kappa shape index (κ3) is 2.63. The molecule has 0 N–H and O–H groups in total. The Morgan fingerprint density at radius 1 is 1.06 bits per heavy atom. The van der Waals surface area contributed by atoms with Gasteiger partial charge in [0.15, 0.2) is 11.4 Å². The molecule has 1 aromatic rings. The van der Waals surface area contributed by atoms with Crippen LogP contribution in [0.4, 0.5) is 0 Å². The maximum atomic E-state index is 2.49. The number of aryl methyl sites for hydroxylation is 2. The molecule has 0 radical (unpaired) electrons. The summed E-state index contributed by atoms with van der Waals surface area (Å²) in [6.45, 7) is 12.5. The Bertz CT molecular complexity index is 353. The second-order valence-corrected chi connectivity index (χ2v) is 4.59. The highest BCUT2D eigenvalue weighted by atomic mass is 15.0. The minimum Gasteiger partial charge on any atom is -0.200 e. The van der Waals surface area contributed by atoms with E-state index >= 15 is 0 Å². The summed E-state index contributed by atoms with van der Waals surface area (Å²) in [6.07, 6.45) is 4.85. The van der Waals surface area contributed by atoms with E-state index in [0.717, 1.165) is 12.8 Å². The summed E-state index contributed by atoms with van der Waals surface area (Å²) in [5, 5.41) is 0. The summed E-state index contributed by atoms with van der Waals surface area (Å²) in [5.41, 5.74) is 5.99. The number of pyridine rings is 1. The lowest BCUT2D eigenvalue weighted by molar-refractivity contribution is -0.709. The molecule has 0 amide bonds. The Hall–Kier alpha value is -0.850. The number of rotatable bonds is 5. The molecule has 0 aliphatic carbocycles. The molecule has 1 nitrogen and oxygen atoms in total. The quantitative estimate of drug-likeness (QED) is 0.669. The van der Waals surface area contributed by atoms with E-state index in [1.807, 2.05) is 0 Å². The first-order valence-corrected chi connectivity index (χ1v) is 6.67. The third-order valence-electron chi connectivity index (χ3n) is 3.51. The first-order valence-electron chi connectivity index (χ1n) is 6.67. The van der Waals surface area contributed by atoms with E-state index in [4.69, 9.17) is 0 Å². The topological polar surface area (TPSA) is 3.88 Å². The summed E-state index contributed by atoms with van der Waals surface area (Å²) >= 11 is 0. The van der Waals surface area contributed by atoms with Crippen LogP contribution in [0.3, 0.4) is 0 Å². The van der Waals surface area contributed by atoms with Gasteiger partial charge in [0.05, 0.1) is 0 Å². The molecular weight excluding hydrogens is 194 g/mol. The van der Waals surface area contributed by atoms with Crippen LogP contribution in [0.15, 0.2) is 6.07 Å². The van der Waals surface area contributed by atoms with E-state index in [9.17, 15) is 0 Å². The summed E-state index contributed by atoms with van der Waals surface area (Å²) in [5.74, 6) is 0. The van der Waals surface area contributed by atoms with Crippen LogP contribution in [0.1, 0.15) is 56.1 Å². The van der Waals surface area contributed by atoms with E-state index in [1.54, 1.807) is 5.56 Å². The van der Waals surface area contributed by atoms with Gasteiger partial charge in [-0.1, -0.05) is 27.2 Å². The highest BCUT2D eigenvalue weighted by molar-refractivity contribution is 5.28. The van der Waals surface area contributed by atoms with Gasteiger partial charge < -0.3 is 0 Å². The van der Waals surface area contributed by atoms with Crippen molar-refractivity contribution >= 4 is 0 Å². The summed E-state index contributed by atoms with van der Waals surface area (Å²) in [6, 6.07) is 2.38. The molecule has 0 unspecified atom stereocenters. The van der Waals surface area contributed by atoms with Gasteiger partial charge in [-0.3, -0.25) is 0 Å². The lowest BCUT2D eigenvalue weighted by Crippen LogP contribution is -2.41. The van der Waals surface area contributed by atoms with Crippen LogP contribution in [0.5, 0.6) is 0 Å². The monoisotopic (exact) mass is 220 g/mol. The second-order valence-electron chi connectivity index (χ2n) is 4.59. The molecule has 16 heavy (non-hydrogen) atoms. The summed E-state index contributed by atoms with van der Waals surface area (Å²) in [7, 11) is 0. The molecule has 0 aromatic carbocycles. The normalized spacial score (nSPS) is 10.8. The third-order valence-corrected chi connectivity index (χ3v) is 3.51. The maximum absolute atomic E-state index is 2.49. The van der Waals surface area contributed by atoms with Crippen LogP contribution in [0, 0.1) is 13.8 Å². The molecule has 1 heterocycles. The Kier molecular flexibility index (Phi) is 4.98. The molecule has 1 heteroatoms. The number of unbranched alkanes of at least 4 members (excludes halogenated alkanes) is 1. The lowest BCUT2D eigenvalue weighted by Gasteiger charge is -2.11. The Morgan fingerprint density at radius 3 is 2.25 bits per heavy atom. The predicted molar refractivity (Wildman–Crippen MR) is 69.8 cm³/mol. The average Bonchev–Trinajstić information content (AvgIpc) is 2.28. The fourth-order valence-corrected chi connectivity index (χ4v) is 2.54. The van der Waals surface area contributed by atoms with Crippen molar-refractivity contribution in [2.45, 2.75) is 66.8 Å². The molecule has 0 aliphatic heterocycles. The van der Waals surface area contributed by atoms with E-state index in [0.29, 0.717) is 0 Å². The van der Waals surface area contributed by atoms with Gasteiger partial charge >= 0.3 is 0 Å². The SMILES string of the molecule is CCCC[n+]1c(C)cc(CC)c(CC)c1C. The molecule has 1 aromatic heterocycles. The lowest BCUT2D eigenvalue weighted by atomic mass is 10.0. The van der Waals surface area contributed by atoms with Gasteiger partial charge in [0.1, 0.15) is 6.54 Å². The van der Waals surface area contributed by atoms with Crippen LogP contribution in [0.25, 0.3) is 0 Å². The van der Waals surface area contributed by atoms with Crippen molar-refractivity contribution in [1.29, 1.82) is 0 Å². The molecule has 0 saturated carbocycles. The Balaban J connectivity index is 3.18. The first kappa shape index (κ1) is 13.2. The zero-order valence-corrected chi connectivity index (χ0v) is 11.6. The van der Waals surface area contributed by atoms with Gasteiger partial charge in [-0.05, 0) is 18.4 Å². The highest BCUT2D eigenvalue weighted by Crippen LogP contribution is 2.14. The van der Waals surface area contributed by atoms with Crippen molar-refractivity contribution < 1.29 is 4.57 Å². The first-order chi connectivity index (χ1) is 7.65. The van der Waals surface area contributed by atoms with Crippen LogP contribution >= 0.6 is 0 Å². The molecule has 0 fully saturated rings. The Morgan fingerprint density at radius 2 is 1.75 bits per heavy atom. The minimum absolute atomic E-state index is 1.15. The van der Waals surface area contributed by atoms with Gasteiger partial charge in [-0.15, -0.1) is 0 Å². The molecule has 90 valence electrons. The van der Waals surface area contributed by atoms with Crippen molar-refractivity contribution in [3.8, 4) is 0 Å². The van der Waals surface area contributed by atoms with Gasteiger partial charge in [0.2, 0.25) is 0 Å². The van der Waals surface area contributed by atoms with Crippen molar-refractivity contribution in [2.75, 3.05) is 0 Å². The van der Waals surface area contributed by atoms with Crippen molar-refractivity contribution in [3.05, 3.63) is 28.6 Å². The number of aromatic nitrogens is 1. The fourth-order valence-electron chi connectivity index (χ4n) is 2.54. The summed E-state index contributed by atoms with van der Waals surface area (Å²) < 4.78 is 2.49. The molecule has 0 bridgehead atoms. The molecule has 0 aliphatic rings. The van der Waals surface area contributed by atoms with E-state index in [2.05, 4.69) is 45.3 Å². The van der Waals surface area contributed by atoms with Crippen LogP contribution in [-0.4, -0.2) is 0 Å². The molecular formula is C15H26N+. The Labute approximate surface area is 101 Å². The largest absolute Gasteiger partial charge is 0.200 e. The zero-order chi connectivity index (χ0) is 12.1. The zero-order valence-electron chi connectivity index (χ0n) is 11.6. The minimum atomic E-state index is 1.15. The molecule has 0 spiro atoms. The maximum Gasteiger partial charge on any atom is 0.181 e. The average molecular weight is 220 g/mol. The van der Waals surface area contributed by atoms with Gasteiger partial charge in [0.25, 0.3) is 0 Å². The number of nitrogens with zero attached hydrogens (tertiary/aromatic N) is 1. The van der Waals surface area contributed by atoms with Crippen LogP contribution in [-0.2, 0) is 19.4 Å². The van der Waals surface area contributed by atoms with Crippen molar-refractivity contribution in [3.63, 3.8) is 0 Å². The van der Waals surface area contributed by atoms with Gasteiger partial charge in [0, 0.05) is 31.9 Å². The molecule has 0 saturated heterocycles. The molecule has 0 atom stereocenters. The van der Waals surface area contributed by atoms with Crippen LogP contribution < -0.4 is 4.57 Å². The van der Waals surface area contributed by atoms with Gasteiger partial charge in [-0.25, -0.2) is 4.57 Å². The van der Waals surface area contributed by atoms with Crippen molar-refractivity contribution in [2.24, 2.45) is 0 Å². The summed E-state index contributed by atoms with van der Waals surface area (Å²) in [4.78, 5) is 0. The highest BCUT2D eigenvalue weighted by Gasteiger charge is 2.17. The standard InChI is InChI=1S/C15H26N/c1-6-9-10-16-12(4)11-14(7-2)15(8-3)13(16)5/h11H,6-10H2,1-5H3/q+1. The van der Waals surface area contributed by atoms with Crippen LogP contribution in [0.2, 0.25) is 0 Å². The fraction of sp³-hybridized carbons (Fsp3) is 0.667. The van der Waals surface area contributed by atoms with E-state index < -0.39 is 0 Å².